The second-order valence-corrected chi connectivity index (χ2v) is 6.07. The highest BCUT2D eigenvalue weighted by Gasteiger charge is 2.30. The molecule has 1 unspecified atom stereocenters. The zero-order chi connectivity index (χ0) is 15.4. The van der Waals surface area contributed by atoms with Crippen LogP contribution in [0.3, 0.4) is 0 Å². The van der Waals surface area contributed by atoms with Gasteiger partial charge < -0.3 is 14.6 Å². The molecule has 1 N–H and O–H groups in total. The highest BCUT2D eigenvalue weighted by atomic mass is 16.5. The molecule has 2 aliphatic heterocycles. The molecule has 1 aromatic carbocycles. The van der Waals surface area contributed by atoms with Gasteiger partial charge in [-0.3, -0.25) is 9.59 Å². The molecule has 0 saturated carbocycles. The summed E-state index contributed by atoms with van der Waals surface area (Å²) in [5, 5.41) is 1.11. The van der Waals surface area contributed by atoms with Crippen molar-refractivity contribution < 1.29 is 14.3 Å². The van der Waals surface area contributed by atoms with Crippen LogP contribution in [-0.4, -0.2) is 34.7 Å². The number of nitrogens with one attached hydrogen (secondary N) is 1. The maximum Gasteiger partial charge on any atom is 0.220 e. The van der Waals surface area contributed by atoms with Gasteiger partial charge >= 0.3 is 0 Å². The van der Waals surface area contributed by atoms with Gasteiger partial charge in [0.05, 0.1) is 18.2 Å². The number of fused-ring (bicyclic) bond motifs is 4. The van der Waals surface area contributed by atoms with Gasteiger partial charge in [-0.1, -0.05) is 0 Å². The van der Waals surface area contributed by atoms with Crippen LogP contribution in [0.5, 0.6) is 5.75 Å². The first-order chi connectivity index (χ1) is 10.6. The molecule has 0 radical (unpaired) electrons. The summed E-state index contributed by atoms with van der Waals surface area (Å²) in [6.45, 7) is 4.83. The molecular formula is C17H18N2O3. The summed E-state index contributed by atoms with van der Waals surface area (Å²) >= 11 is 0. The maximum absolute atomic E-state index is 12.0. The van der Waals surface area contributed by atoms with Crippen molar-refractivity contribution in [3.63, 3.8) is 0 Å². The number of rotatable bonds is 0. The molecule has 2 aromatic rings. The number of carbonyl (C=O) groups excluding carboxylic acids is 2. The van der Waals surface area contributed by atoms with Crippen LogP contribution in [0.1, 0.15) is 47.9 Å². The number of nitrogens with zero attached hydrogens (tertiary/aromatic N) is 1. The summed E-state index contributed by atoms with van der Waals surface area (Å²) < 4.78 is 5.65. The fourth-order valence-electron chi connectivity index (χ4n) is 3.66. The van der Waals surface area contributed by atoms with E-state index >= 15 is 0 Å². The Hall–Kier alpha value is -2.30. The van der Waals surface area contributed by atoms with E-state index in [1.807, 2.05) is 24.0 Å². The van der Waals surface area contributed by atoms with Gasteiger partial charge in [0.2, 0.25) is 5.91 Å². The number of benzene rings is 1. The largest absolute Gasteiger partial charge is 0.492 e. The van der Waals surface area contributed by atoms with Crippen LogP contribution in [0.15, 0.2) is 12.1 Å². The van der Waals surface area contributed by atoms with E-state index in [9.17, 15) is 9.59 Å². The maximum atomic E-state index is 12.0. The lowest BCUT2D eigenvalue weighted by Crippen LogP contribution is -2.37. The van der Waals surface area contributed by atoms with E-state index < -0.39 is 0 Å². The number of Topliss-reactive ketones (excluding diaryl/α,β-unsaturated/α-hetero) is 1. The molecule has 1 aromatic heterocycles. The van der Waals surface area contributed by atoms with Crippen molar-refractivity contribution in [1.82, 2.24) is 9.88 Å². The van der Waals surface area contributed by atoms with Gasteiger partial charge in [-0.2, -0.15) is 0 Å². The third-order valence-corrected chi connectivity index (χ3v) is 4.82. The Balaban J connectivity index is 1.89. The fraction of sp³-hybridized carbons (Fsp3) is 0.412. The van der Waals surface area contributed by atoms with Gasteiger partial charge in [0.15, 0.2) is 5.78 Å². The van der Waals surface area contributed by atoms with Crippen molar-refractivity contribution in [2.45, 2.75) is 32.7 Å². The van der Waals surface area contributed by atoms with E-state index in [-0.39, 0.29) is 17.7 Å². The second kappa shape index (κ2) is 4.60. The predicted octanol–water partition coefficient (Wildman–Crippen LogP) is 2.60. The van der Waals surface area contributed by atoms with E-state index in [1.165, 1.54) is 5.56 Å². The molecule has 5 heteroatoms. The first-order valence-electron chi connectivity index (χ1n) is 7.68. The molecule has 114 valence electrons. The molecule has 0 fully saturated rings. The molecule has 0 saturated heterocycles. The average molecular weight is 298 g/mol. The van der Waals surface area contributed by atoms with Gasteiger partial charge in [-0.05, 0) is 31.0 Å². The number of H-pyrrole nitrogens is 1. The predicted molar refractivity (Wildman–Crippen MR) is 82.2 cm³/mol. The van der Waals surface area contributed by atoms with Gasteiger partial charge in [0.25, 0.3) is 0 Å². The van der Waals surface area contributed by atoms with Crippen LogP contribution in [0.4, 0.5) is 0 Å². The Morgan fingerprint density at radius 3 is 2.95 bits per heavy atom. The van der Waals surface area contributed by atoms with Crippen LogP contribution >= 0.6 is 0 Å². The number of hydrogen-bond donors (Lipinski definition) is 1. The SMILES string of the molecule is CC(=O)N1CCc2c([nH]c3cc4c(cc23)OCCC4=O)C1C. The van der Waals surface area contributed by atoms with Crippen molar-refractivity contribution in [1.29, 1.82) is 0 Å². The van der Waals surface area contributed by atoms with Gasteiger partial charge in [0, 0.05) is 36.5 Å². The Morgan fingerprint density at radius 1 is 1.36 bits per heavy atom. The van der Waals surface area contributed by atoms with E-state index in [4.69, 9.17) is 4.74 Å². The molecule has 0 bridgehead atoms. The Kier molecular flexibility index (Phi) is 2.79. The van der Waals surface area contributed by atoms with Crippen LogP contribution in [-0.2, 0) is 11.2 Å². The zero-order valence-corrected chi connectivity index (χ0v) is 12.7. The lowest BCUT2D eigenvalue weighted by molar-refractivity contribution is -0.131. The van der Waals surface area contributed by atoms with Gasteiger partial charge in [-0.25, -0.2) is 0 Å². The van der Waals surface area contributed by atoms with Crippen LogP contribution in [0, 0.1) is 0 Å². The third kappa shape index (κ3) is 1.78. The van der Waals surface area contributed by atoms with E-state index in [0.717, 1.165) is 29.6 Å². The lowest BCUT2D eigenvalue weighted by Gasteiger charge is -2.32. The summed E-state index contributed by atoms with van der Waals surface area (Å²) in [4.78, 5) is 29.1. The second-order valence-electron chi connectivity index (χ2n) is 6.07. The van der Waals surface area contributed by atoms with Crippen molar-refractivity contribution in [3.05, 3.63) is 29.0 Å². The molecule has 0 aliphatic carbocycles. The summed E-state index contributed by atoms with van der Waals surface area (Å²) in [6.07, 6.45) is 1.26. The Bertz CT molecular complexity index is 806. The van der Waals surface area contributed by atoms with Crippen molar-refractivity contribution in [3.8, 4) is 5.75 Å². The molecule has 1 atom stereocenters. The number of hydrogen-bond acceptors (Lipinski definition) is 3. The number of amides is 1. The monoisotopic (exact) mass is 298 g/mol. The zero-order valence-electron chi connectivity index (χ0n) is 12.7. The first kappa shape index (κ1) is 13.4. The number of carbonyl (C=O) groups is 2. The minimum absolute atomic E-state index is 0.0299. The lowest BCUT2D eigenvalue weighted by atomic mass is 9.96. The molecule has 5 nitrogen and oxygen atoms in total. The van der Waals surface area contributed by atoms with E-state index in [0.29, 0.717) is 24.3 Å². The van der Waals surface area contributed by atoms with Crippen molar-refractivity contribution >= 4 is 22.6 Å². The quantitative estimate of drug-likeness (QED) is 0.813. The number of aromatic amines is 1. The number of aromatic nitrogens is 1. The van der Waals surface area contributed by atoms with Gasteiger partial charge in [-0.15, -0.1) is 0 Å². The Labute approximate surface area is 128 Å². The minimum Gasteiger partial charge on any atom is -0.492 e. The normalized spacial score (nSPS) is 20.5. The molecule has 2 aliphatic rings. The van der Waals surface area contributed by atoms with Crippen molar-refractivity contribution in [2.75, 3.05) is 13.2 Å². The summed E-state index contributed by atoms with van der Waals surface area (Å²) in [7, 11) is 0. The Morgan fingerprint density at radius 2 is 2.18 bits per heavy atom. The summed E-state index contributed by atoms with van der Waals surface area (Å²) in [5.41, 5.74) is 3.93. The topological polar surface area (TPSA) is 62.4 Å². The van der Waals surface area contributed by atoms with Crippen molar-refractivity contribution in [2.24, 2.45) is 0 Å². The first-order valence-corrected chi connectivity index (χ1v) is 7.68. The standard InChI is InChI=1S/C17H18N2O3/c1-9-17-11(3-5-19(9)10(2)20)12-8-16-13(7-14(12)18-17)15(21)4-6-22-16/h7-9,18H,3-6H2,1-2H3. The number of ether oxygens (including phenoxy) is 1. The third-order valence-electron chi connectivity index (χ3n) is 4.82. The van der Waals surface area contributed by atoms with Gasteiger partial charge in [0.1, 0.15) is 5.75 Å². The van der Waals surface area contributed by atoms with E-state index in [2.05, 4.69) is 4.98 Å². The van der Waals surface area contributed by atoms with E-state index in [1.54, 1.807) is 6.92 Å². The number of ketones is 1. The minimum atomic E-state index is 0.0299. The summed E-state index contributed by atoms with van der Waals surface area (Å²) in [5.74, 6) is 0.913. The van der Waals surface area contributed by atoms with Crippen LogP contribution in [0.2, 0.25) is 0 Å². The molecule has 0 spiro atoms. The highest BCUT2D eigenvalue weighted by molar-refractivity contribution is 6.04. The fourth-order valence-corrected chi connectivity index (χ4v) is 3.66. The van der Waals surface area contributed by atoms with Crippen LogP contribution < -0.4 is 4.74 Å². The molecule has 1 amide bonds. The molecular weight excluding hydrogens is 280 g/mol. The molecule has 3 heterocycles. The average Bonchev–Trinajstić information content (AvgIpc) is 2.85. The van der Waals surface area contributed by atoms with Crippen LogP contribution in [0.25, 0.3) is 10.9 Å². The summed E-state index contributed by atoms with van der Waals surface area (Å²) in [6, 6.07) is 3.91. The molecule has 4 rings (SSSR count). The highest BCUT2D eigenvalue weighted by Crippen LogP contribution is 2.38. The molecule has 22 heavy (non-hydrogen) atoms. The smallest absolute Gasteiger partial charge is 0.220 e.